The van der Waals surface area contributed by atoms with Crippen molar-refractivity contribution >= 4 is 23.6 Å². The van der Waals surface area contributed by atoms with E-state index in [9.17, 15) is 18.0 Å². The minimum absolute atomic E-state index is 0.0203. The molecule has 0 atom stereocenters. The summed E-state index contributed by atoms with van der Waals surface area (Å²) in [5.41, 5.74) is 1.22. The van der Waals surface area contributed by atoms with E-state index in [4.69, 9.17) is 0 Å². The Morgan fingerprint density at radius 1 is 1.04 bits per heavy atom. The molecule has 0 N–H and O–H groups in total. The van der Waals surface area contributed by atoms with E-state index in [1.54, 1.807) is 36.4 Å². The van der Waals surface area contributed by atoms with Crippen molar-refractivity contribution in [2.75, 3.05) is 0 Å². The van der Waals surface area contributed by atoms with Crippen LogP contribution in [-0.4, -0.2) is 12.0 Å². The largest absolute Gasteiger partial charge is 0.416 e. The maximum atomic E-state index is 13.1. The number of benzene rings is 2. The molecule has 0 aliphatic carbocycles. The standard InChI is InChI=1S/C20H17F3OS/c1-13-4-10-18(11-5-13)25-19(14(2)20(21,22)23)12-16-6-8-17(9-7-16)15(3)24/h4-12H,2H2,1,3H3/b19-12+. The van der Waals surface area contributed by atoms with Crippen LogP contribution in [0.15, 0.2) is 70.5 Å². The van der Waals surface area contributed by atoms with Crippen LogP contribution >= 0.6 is 11.8 Å². The smallest absolute Gasteiger partial charge is 0.295 e. The summed E-state index contributed by atoms with van der Waals surface area (Å²) >= 11 is 1.01. The van der Waals surface area contributed by atoms with Crippen molar-refractivity contribution in [3.8, 4) is 0 Å². The summed E-state index contributed by atoms with van der Waals surface area (Å²) in [7, 11) is 0. The average Bonchev–Trinajstić information content (AvgIpc) is 2.55. The van der Waals surface area contributed by atoms with Crippen LogP contribution in [0.2, 0.25) is 0 Å². The molecule has 2 aromatic rings. The minimum Gasteiger partial charge on any atom is -0.295 e. The van der Waals surface area contributed by atoms with E-state index < -0.39 is 11.7 Å². The first kappa shape index (κ1) is 19.1. The Morgan fingerprint density at radius 3 is 2.08 bits per heavy atom. The molecule has 0 bridgehead atoms. The molecule has 0 amide bonds. The van der Waals surface area contributed by atoms with Gasteiger partial charge < -0.3 is 0 Å². The van der Waals surface area contributed by atoms with E-state index in [0.29, 0.717) is 16.0 Å². The molecule has 2 rings (SSSR count). The normalized spacial score (nSPS) is 12.1. The molecule has 0 saturated carbocycles. The SMILES string of the molecule is C=C(/C(=C\c1ccc(C(C)=O)cc1)Sc1ccc(C)cc1)C(F)(F)F. The lowest BCUT2D eigenvalue weighted by Crippen LogP contribution is -2.11. The van der Waals surface area contributed by atoms with E-state index in [-0.39, 0.29) is 10.7 Å². The molecule has 0 aromatic heterocycles. The Bertz CT molecular complexity index is 800. The zero-order chi connectivity index (χ0) is 18.6. The lowest BCUT2D eigenvalue weighted by molar-refractivity contribution is -0.0881. The molecule has 2 aromatic carbocycles. The maximum absolute atomic E-state index is 13.1. The highest BCUT2D eigenvalue weighted by molar-refractivity contribution is 8.03. The molecule has 0 heterocycles. The lowest BCUT2D eigenvalue weighted by atomic mass is 10.1. The molecular formula is C20H17F3OS. The Hall–Kier alpha value is -2.27. The number of rotatable bonds is 5. The third kappa shape index (κ3) is 5.36. The van der Waals surface area contributed by atoms with Gasteiger partial charge in [-0.1, -0.05) is 60.3 Å². The van der Waals surface area contributed by atoms with Crippen molar-refractivity contribution in [1.29, 1.82) is 0 Å². The second kappa shape index (κ2) is 7.74. The molecule has 0 aliphatic rings. The highest BCUT2D eigenvalue weighted by atomic mass is 32.2. The van der Waals surface area contributed by atoms with E-state index in [1.807, 2.05) is 19.1 Å². The number of halogens is 3. The summed E-state index contributed by atoms with van der Waals surface area (Å²) in [4.78, 5) is 12.0. The van der Waals surface area contributed by atoms with Gasteiger partial charge >= 0.3 is 6.18 Å². The maximum Gasteiger partial charge on any atom is 0.416 e. The van der Waals surface area contributed by atoms with Crippen molar-refractivity contribution in [3.63, 3.8) is 0 Å². The Morgan fingerprint density at radius 2 is 1.60 bits per heavy atom. The second-order valence-electron chi connectivity index (χ2n) is 5.58. The van der Waals surface area contributed by atoms with Crippen molar-refractivity contribution in [3.05, 3.63) is 82.3 Å². The summed E-state index contributed by atoms with van der Waals surface area (Å²) in [6, 6.07) is 13.7. The molecule has 1 nitrogen and oxygen atoms in total. The molecule has 0 unspecified atom stereocenters. The van der Waals surface area contributed by atoms with Crippen LogP contribution in [0.4, 0.5) is 13.2 Å². The molecule has 0 fully saturated rings. The molecule has 0 saturated heterocycles. The number of Topliss-reactive ketones (excluding diaryl/α,β-unsaturated/α-hetero) is 1. The minimum atomic E-state index is -4.51. The number of hydrogen-bond acceptors (Lipinski definition) is 2. The molecular weight excluding hydrogens is 345 g/mol. The van der Waals surface area contributed by atoms with Crippen molar-refractivity contribution in [2.45, 2.75) is 24.9 Å². The quantitative estimate of drug-likeness (QED) is 0.345. The summed E-state index contributed by atoms with van der Waals surface area (Å²) < 4.78 is 39.4. The summed E-state index contributed by atoms with van der Waals surface area (Å²) in [6.45, 7) is 6.57. The van der Waals surface area contributed by atoms with Gasteiger partial charge in [0.25, 0.3) is 0 Å². The number of allylic oxidation sites excluding steroid dienone is 1. The first-order valence-corrected chi connectivity index (χ1v) is 8.32. The number of thioether (sulfide) groups is 1. The number of aryl methyl sites for hydroxylation is 1. The van der Waals surface area contributed by atoms with Gasteiger partial charge in [-0.15, -0.1) is 0 Å². The molecule has 25 heavy (non-hydrogen) atoms. The number of alkyl halides is 3. The van der Waals surface area contributed by atoms with Gasteiger partial charge in [0.2, 0.25) is 0 Å². The van der Waals surface area contributed by atoms with Crippen molar-refractivity contribution in [2.24, 2.45) is 0 Å². The van der Waals surface area contributed by atoms with Gasteiger partial charge in [-0.2, -0.15) is 13.2 Å². The van der Waals surface area contributed by atoms with Gasteiger partial charge in [-0.05, 0) is 37.6 Å². The number of carbonyl (C=O) groups is 1. The third-order valence-electron chi connectivity index (χ3n) is 3.50. The fraction of sp³-hybridized carbons (Fsp3) is 0.150. The molecule has 130 valence electrons. The zero-order valence-corrected chi connectivity index (χ0v) is 14.7. The van der Waals surface area contributed by atoms with Crippen LogP contribution in [-0.2, 0) is 0 Å². The van der Waals surface area contributed by atoms with E-state index in [0.717, 1.165) is 17.3 Å². The average molecular weight is 362 g/mol. The first-order valence-electron chi connectivity index (χ1n) is 7.50. The number of carbonyl (C=O) groups excluding carboxylic acids is 1. The van der Waals surface area contributed by atoms with Crippen LogP contribution in [0.1, 0.15) is 28.4 Å². The Kier molecular flexibility index (Phi) is 5.90. The van der Waals surface area contributed by atoms with Gasteiger partial charge in [0, 0.05) is 15.4 Å². The van der Waals surface area contributed by atoms with Crippen LogP contribution in [0.25, 0.3) is 6.08 Å². The summed E-state index contributed by atoms with van der Waals surface area (Å²) in [5, 5.41) is 0. The van der Waals surface area contributed by atoms with Crippen molar-refractivity contribution in [1.82, 2.24) is 0 Å². The number of ketones is 1. The summed E-state index contributed by atoms with van der Waals surface area (Å²) in [6.07, 6.45) is -3.08. The highest BCUT2D eigenvalue weighted by Gasteiger charge is 2.34. The lowest BCUT2D eigenvalue weighted by Gasteiger charge is -2.14. The molecule has 0 aliphatic heterocycles. The van der Waals surface area contributed by atoms with Crippen molar-refractivity contribution < 1.29 is 18.0 Å². The monoisotopic (exact) mass is 362 g/mol. The fourth-order valence-electron chi connectivity index (χ4n) is 2.02. The molecule has 0 spiro atoms. The first-order chi connectivity index (χ1) is 11.7. The molecule has 5 heteroatoms. The van der Waals surface area contributed by atoms with E-state index >= 15 is 0 Å². The topological polar surface area (TPSA) is 17.1 Å². The highest BCUT2D eigenvalue weighted by Crippen LogP contribution is 2.40. The van der Waals surface area contributed by atoms with E-state index in [2.05, 4.69) is 6.58 Å². The van der Waals surface area contributed by atoms with Crippen LogP contribution in [0.5, 0.6) is 0 Å². The van der Waals surface area contributed by atoms with Crippen LogP contribution < -0.4 is 0 Å². The molecule has 0 radical (unpaired) electrons. The number of hydrogen-bond donors (Lipinski definition) is 0. The zero-order valence-electron chi connectivity index (χ0n) is 13.9. The van der Waals surface area contributed by atoms with Gasteiger partial charge in [0.15, 0.2) is 5.78 Å². The van der Waals surface area contributed by atoms with Gasteiger partial charge in [0.1, 0.15) is 0 Å². The Labute approximate surface area is 149 Å². The Balaban J connectivity index is 2.37. The predicted octanol–water partition coefficient (Wildman–Crippen LogP) is 6.45. The van der Waals surface area contributed by atoms with Gasteiger partial charge in [-0.25, -0.2) is 0 Å². The fourth-order valence-corrected chi connectivity index (χ4v) is 2.98. The van der Waals surface area contributed by atoms with Gasteiger partial charge in [0.05, 0.1) is 5.57 Å². The summed E-state index contributed by atoms with van der Waals surface area (Å²) in [5.74, 6) is -0.0931. The predicted molar refractivity (Wildman–Crippen MR) is 96.7 cm³/mol. The third-order valence-corrected chi connectivity index (χ3v) is 4.60. The van der Waals surface area contributed by atoms with Gasteiger partial charge in [-0.3, -0.25) is 4.79 Å². The van der Waals surface area contributed by atoms with Crippen LogP contribution in [0.3, 0.4) is 0 Å². The van der Waals surface area contributed by atoms with E-state index in [1.165, 1.54) is 13.0 Å². The second-order valence-corrected chi connectivity index (χ2v) is 6.69. The van der Waals surface area contributed by atoms with Crippen LogP contribution in [0, 0.1) is 6.92 Å².